The van der Waals surface area contributed by atoms with Gasteiger partial charge >= 0.3 is 0 Å². The molecule has 0 aliphatic heterocycles. The van der Waals surface area contributed by atoms with E-state index in [2.05, 4.69) is 4.99 Å². The standard InChI is InChI=1S/C8H9NO4S/c1-9-6-13-7-4-2-3-5-8(7)14(10,11)12/h2-6H,1H3,(H,10,11,12). The van der Waals surface area contributed by atoms with Gasteiger partial charge in [0.15, 0.2) is 6.40 Å². The Kier molecular flexibility index (Phi) is 3.21. The van der Waals surface area contributed by atoms with Crippen molar-refractivity contribution in [3.8, 4) is 5.75 Å². The third kappa shape index (κ3) is 2.54. The summed E-state index contributed by atoms with van der Waals surface area (Å²) >= 11 is 0. The number of para-hydroxylation sites is 1. The molecule has 6 heteroatoms. The Labute approximate surface area is 81.8 Å². The van der Waals surface area contributed by atoms with Gasteiger partial charge in [-0.25, -0.2) is 0 Å². The molecular formula is C8H9NO4S. The van der Waals surface area contributed by atoms with E-state index >= 15 is 0 Å². The summed E-state index contributed by atoms with van der Waals surface area (Å²) in [5, 5.41) is 0. The summed E-state index contributed by atoms with van der Waals surface area (Å²) < 4.78 is 35.4. The van der Waals surface area contributed by atoms with Crippen molar-refractivity contribution < 1.29 is 17.7 Å². The maximum Gasteiger partial charge on any atom is 0.298 e. The maximum atomic E-state index is 10.8. The van der Waals surface area contributed by atoms with Gasteiger partial charge in [0.2, 0.25) is 0 Å². The van der Waals surface area contributed by atoms with Crippen molar-refractivity contribution in [1.82, 2.24) is 0 Å². The summed E-state index contributed by atoms with van der Waals surface area (Å²) in [5.41, 5.74) is 0. The summed E-state index contributed by atoms with van der Waals surface area (Å²) in [5.74, 6) is 0.0422. The van der Waals surface area contributed by atoms with Crippen molar-refractivity contribution in [3.05, 3.63) is 24.3 Å². The van der Waals surface area contributed by atoms with Crippen LogP contribution in [-0.2, 0) is 10.1 Å². The zero-order valence-corrected chi connectivity index (χ0v) is 8.23. The number of nitrogens with zero attached hydrogens (tertiary/aromatic N) is 1. The Bertz CT molecular complexity index is 438. The average Bonchev–Trinajstić information content (AvgIpc) is 2.14. The van der Waals surface area contributed by atoms with Crippen molar-refractivity contribution in [1.29, 1.82) is 0 Å². The van der Waals surface area contributed by atoms with E-state index in [-0.39, 0.29) is 10.6 Å². The lowest BCUT2D eigenvalue weighted by Crippen LogP contribution is -2.02. The molecule has 0 heterocycles. The van der Waals surface area contributed by atoms with E-state index in [9.17, 15) is 8.42 Å². The molecule has 0 aliphatic rings. The predicted octanol–water partition coefficient (Wildman–Crippen LogP) is 0.970. The van der Waals surface area contributed by atoms with Gasteiger partial charge in [0.1, 0.15) is 10.6 Å². The molecular weight excluding hydrogens is 206 g/mol. The molecule has 0 aromatic heterocycles. The SMILES string of the molecule is CN=COc1ccccc1S(=O)(=O)O. The summed E-state index contributed by atoms with van der Waals surface area (Å²) in [6.07, 6.45) is 1.09. The highest BCUT2D eigenvalue weighted by Crippen LogP contribution is 2.22. The van der Waals surface area contributed by atoms with E-state index in [4.69, 9.17) is 9.29 Å². The molecule has 0 fully saturated rings. The zero-order chi connectivity index (χ0) is 10.6. The van der Waals surface area contributed by atoms with E-state index in [1.54, 1.807) is 6.07 Å². The largest absolute Gasteiger partial charge is 0.445 e. The molecule has 0 bridgehead atoms. The van der Waals surface area contributed by atoms with Crippen LogP contribution in [0.3, 0.4) is 0 Å². The van der Waals surface area contributed by atoms with Gasteiger partial charge in [-0.15, -0.1) is 0 Å². The Morgan fingerprint density at radius 1 is 1.43 bits per heavy atom. The lowest BCUT2D eigenvalue weighted by atomic mass is 10.3. The molecule has 5 nitrogen and oxygen atoms in total. The van der Waals surface area contributed by atoms with Crippen LogP contribution in [0.1, 0.15) is 0 Å². The number of benzene rings is 1. The van der Waals surface area contributed by atoms with Crippen LogP contribution in [0.5, 0.6) is 5.75 Å². The molecule has 0 aliphatic carbocycles. The quantitative estimate of drug-likeness (QED) is 0.463. The zero-order valence-electron chi connectivity index (χ0n) is 7.41. The van der Waals surface area contributed by atoms with E-state index in [0.29, 0.717) is 0 Å². The summed E-state index contributed by atoms with van der Waals surface area (Å²) in [6, 6.07) is 5.74. The molecule has 1 aromatic carbocycles. The minimum Gasteiger partial charge on any atom is -0.445 e. The molecule has 0 unspecified atom stereocenters. The van der Waals surface area contributed by atoms with Gasteiger partial charge < -0.3 is 4.74 Å². The summed E-state index contributed by atoms with van der Waals surface area (Å²) in [6.45, 7) is 0. The van der Waals surface area contributed by atoms with Crippen LogP contribution in [0.4, 0.5) is 0 Å². The Morgan fingerprint density at radius 2 is 2.07 bits per heavy atom. The topological polar surface area (TPSA) is 76.0 Å². The molecule has 14 heavy (non-hydrogen) atoms. The number of hydrogen-bond donors (Lipinski definition) is 1. The molecule has 0 saturated heterocycles. The van der Waals surface area contributed by atoms with E-state index < -0.39 is 10.1 Å². The van der Waals surface area contributed by atoms with Crippen LogP contribution in [-0.4, -0.2) is 26.4 Å². The second-order valence-corrected chi connectivity index (χ2v) is 3.79. The molecule has 0 saturated carbocycles. The van der Waals surface area contributed by atoms with Crippen molar-refractivity contribution in [3.63, 3.8) is 0 Å². The van der Waals surface area contributed by atoms with Gasteiger partial charge in [0.25, 0.3) is 10.1 Å². The number of rotatable bonds is 3. The van der Waals surface area contributed by atoms with Crippen molar-refractivity contribution >= 4 is 16.5 Å². The first kappa shape index (κ1) is 10.7. The van der Waals surface area contributed by atoms with Crippen LogP contribution >= 0.6 is 0 Å². The van der Waals surface area contributed by atoms with Crippen LogP contribution in [0.15, 0.2) is 34.2 Å². The van der Waals surface area contributed by atoms with Gasteiger partial charge in [0, 0.05) is 7.05 Å². The summed E-state index contributed by atoms with van der Waals surface area (Å²) in [4.78, 5) is 3.25. The van der Waals surface area contributed by atoms with Crippen LogP contribution in [0.25, 0.3) is 0 Å². The molecule has 1 aromatic rings. The van der Waals surface area contributed by atoms with E-state index in [0.717, 1.165) is 6.40 Å². The van der Waals surface area contributed by atoms with Gasteiger partial charge in [0.05, 0.1) is 0 Å². The first-order chi connectivity index (χ1) is 6.55. The number of hydrogen-bond acceptors (Lipinski definition) is 4. The second kappa shape index (κ2) is 4.21. The van der Waals surface area contributed by atoms with Crippen molar-refractivity contribution in [2.24, 2.45) is 4.99 Å². The molecule has 1 rings (SSSR count). The van der Waals surface area contributed by atoms with Crippen LogP contribution in [0.2, 0.25) is 0 Å². The molecule has 0 atom stereocenters. The third-order valence-electron chi connectivity index (χ3n) is 1.41. The fourth-order valence-corrected chi connectivity index (χ4v) is 1.49. The fourth-order valence-electron chi connectivity index (χ4n) is 0.870. The highest BCUT2D eigenvalue weighted by atomic mass is 32.2. The van der Waals surface area contributed by atoms with Crippen LogP contribution in [0, 0.1) is 0 Å². The van der Waals surface area contributed by atoms with E-state index in [1.165, 1.54) is 25.2 Å². The normalized spacial score (nSPS) is 11.9. The smallest absolute Gasteiger partial charge is 0.298 e. The highest BCUT2D eigenvalue weighted by molar-refractivity contribution is 7.86. The lowest BCUT2D eigenvalue weighted by molar-refractivity contribution is 0.474. The monoisotopic (exact) mass is 215 g/mol. The minimum absolute atomic E-state index is 0.0422. The number of aliphatic imine (C=N–C) groups is 1. The van der Waals surface area contributed by atoms with Gasteiger partial charge in [-0.1, -0.05) is 12.1 Å². The molecule has 76 valence electrons. The number of ether oxygens (including phenoxy) is 1. The average molecular weight is 215 g/mol. The van der Waals surface area contributed by atoms with Gasteiger partial charge in [-0.05, 0) is 12.1 Å². The van der Waals surface area contributed by atoms with Crippen molar-refractivity contribution in [2.75, 3.05) is 7.05 Å². The first-order valence-electron chi connectivity index (χ1n) is 3.69. The van der Waals surface area contributed by atoms with Crippen molar-refractivity contribution in [2.45, 2.75) is 4.90 Å². The Balaban J connectivity index is 3.16. The van der Waals surface area contributed by atoms with E-state index in [1.807, 2.05) is 0 Å². The molecule has 1 N–H and O–H groups in total. The lowest BCUT2D eigenvalue weighted by Gasteiger charge is -2.03. The highest BCUT2D eigenvalue weighted by Gasteiger charge is 2.15. The van der Waals surface area contributed by atoms with Crippen LogP contribution < -0.4 is 4.74 Å². The summed E-state index contributed by atoms with van der Waals surface area (Å²) in [7, 11) is -2.77. The molecule has 0 radical (unpaired) electrons. The third-order valence-corrected chi connectivity index (χ3v) is 2.31. The Hall–Kier alpha value is -1.40. The Morgan fingerprint density at radius 3 is 2.64 bits per heavy atom. The molecule has 0 spiro atoms. The predicted molar refractivity (Wildman–Crippen MR) is 51.3 cm³/mol. The second-order valence-electron chi connectivity index (χ2n) is 2.40. The van der Waals surface area contributed by atoms with Gasteiger partial charge in [-0.3, -0.25) is 9.55 Å². The maximum absolute atomic E-state index is 10.8. The fraction of sp³-hybridized carbons (Fsp3) is 0.125. The molecule has 0 amide bonds. The minimum atomic E-state index is -4.25. The first-order valence-corrected chi connectivity index (χ1v) is 5.13. The van der Waals surface area contributed by atoms with Gasteiger partial charge in [-0.2, -0.15) is 8.42 Å².